The van der Waals surface area contributed by atoms with Crippen molar-refractivity contribution in [2.24, 2.45) is 0 Å². The zero-order chi connectivity index (χ0) is 4.50. The van der Waals surface area contributed by atoms with Gasteiger partial charge in [0.15, 0.2) is 0 Å². The van der Waals surface area contributed by atoms with Gasteiger partial charge in [0, 0.05) is 0 Å². The second-order valence-corrected chi connectivity index (χ2v) is 1.57. The molecule has 0 aromatic heterocycles. The Labute approximate surface area is 124 Å². The number of halogens is 1. The first-order chi connectivity index (χ1) is 2.00. The molecule has 0 saturated heterocycles. The van der Waals surface area contributed by atoms with E-state index in [1.165, 1.54) is 0 Å². The smallest absolute Gasteiger partial charge is 1.00 e. The van der Waals surface area contributed by atoms with Gasteiger partial charge >= 0.3 is 93.3 Å². The summed E-state index contributed by atoms with van der Waals surface area (Å²) in [6.07, 6.45) is 0. The molecule has 0 aliphatic carbocycles. The van der Waals surface area contributed by atoms with E-state index >= 15 is 0 Å². The van der Waals surface area contributed by atoms with Crippen molar-refractivity contribution in [2.45, 2.75) is 0 Å². The fraction of sp³-hybridized carbons (Fsp3) is 0. The summed E-state index contributed by atoms with van der Waals surface area (Å²) in [5.74, 6) is 0. The van der Waals surface area contributed by atoms with E-state index in [-0.39, 0.29) is 98.0 Å². The fourth-order valence-corrected chi connectivity index (χ4v) is 0. The fourth-order valence-electron chi connectivity index (χ4n) is 0. The summed E-state index contributed by atoms with van der Waals surface area (Å²) in [6.45, 7) is 0. The zero-order valence-corrected chi connectivity index (χ0v) is 10.8. The molecule has 0 fully saturated rings. The molecule has 0 amide bonds. The summed E-state index contributed by atoms with van der Waals surface area (Å²) in [6, 6.07) is 0. The van der Waals surface area contributed by atoms with Crippen LogP contribution in [0.2, 0.25) is 0 Å². The van der Waals surface area contributed by atoms with Crippen LogP contribution >= 0.6 is 0 Å². The van der Waals surface area contributed by atoms with E-state index in [0.717, 1.165) is 0 Å². The molecule has 0 rings (SSSR count). The van der Waals surface area contributed by atoms with Crippen molar-refractivity contribution in [2.75, 3.05) is 0 Å². The van der Waals surface area contributed by atoms with Crippen LogP contribution in [0.15, 0.2) is 0 Å². The second kappa shape index (κ2) is 13.6. The number of hydrogen-bond acceptors (Lipinski definition) is 4. The summed E-state index contributed by atoms with van der Waals surface area (Å²) in [5.41, 5.74) is 0. The molecule has 40 valence electrons. The van der Waals surface area contributed by atoms with Crippen LogP contribution < -0.4 is 89.3 Å². The monoisotopic (exact) mass is 182 g/mol. The predicted molar refractivity (Wildman–Crippen MR) is 13.7 cm³/mol. The average Bonchev–Trinajstić information content (AvgIpc) is 0.722. The first-order valence-corrected chi connectivity index (χ1v) is 2.51. The Hall–Kier alpha value is 2.99. The molecule has 0 aliphatic rings. The maximum Gasteiger partial charge on any atom is 2.00 e. The Morgan fingerprint density at radius 2 is 1.11 bits per heavy atom. The van der Waals surface area contributed by atoms with Gasteiger partial charge in [0.25, 0.3) is 0 Å². The summed E-state index contributed by atoms with van der Waals surface area (Å²) in [4.78, 5) is 33.1. The van der Waals surface area contributed by atoms with Crippen molar-refractivity contribution in [3.05, 3.63) is 0 Å². The van der Waals surface area contributed by atoms with Crippen molar-refractivity contribution in [3.8, 4) is 0 Å². The van der Waals surface area contributed by atoms with E-state index < -0.39 is 9.05 Å². The standard InChI is InChI=1S/FH.K.Li.Mg.HO4Si/c;;;;1-5(2,3)4/h1H;;;;1H/q;2*+1;+2;-3/p-1. The van der Waals surface area contributed by atoms with Crippen molar-refractivity contribution < 1.29 is 94.1 Å². The minimum atomic E-state index is -5.36. The van der Waals surface area contributed by atoms with Crippen molar-refractivity contribution in [1.29, 1.82) is 0 Å². The Morgan fingerprint density at radius 3 is 1.11 bits per heavy atom. The van der Waals surface area contributed by atoms with E-state index in [4.69, 9.17) is 19.2 Å². The minimum Gasteiger partial charge on any atom is -1.00 e. The van der Waals surface area contributed by atoms with Gasteiger partial charge in [0.2, 0.25) is 0 Å². The minimum absolute atomic E-state index is 0. The van der Waals surface area contributed by atoms with E-state index in [9.17, 15) is 0 Å². The Bertz CT molecular complexity index is 36.0. The summed E-state index contributed by atoms with van der Waals surface area (Å²) >= 11 is 0. The topological polar surface area (TPSA) is 89.4 Å². The van der Waals surface area contributed by atoms with E-state index in [1.807, 2.05) is 0 Å². The molecule has 0 aromatic rings. The third-order valence-electron chi connectivity index (χ3n) is 0. The van der Waals surface area contributed by atoms with Crippen LogP contribution in [-0.2, 0) is 0 Å². The van der Waals surface area contributed by atoms with Crippen LogP contribution in [0.25, 0.3) is 0 Å². The summed E-state index contributed by atoms with van der Waals surface area (Å²) < 4.78 is 0. The van der Waals surface area contributed by atoms with Crippen LogP contribution in [0.5, 0.6) is 0 Å². The molecule has 9 heteroatoms. The van der Waals surface area contributed by atoms with Crippen LogP contribution in [0, 0.1) is 0 Å². The average molecular weight is 182 g/mol. The van der Waals surface area contributed by atoms with E-state index in [1.54, 1.807) is 0 Å². The van der Waals surface area contributed by atoms with Crippen LogP contribution in [0.4, 0.5) is 0 Å². The van der Waals surface area contributed by atoms with Gasteiger partial charge in [0.05, 0.1) is 0 Å². The van der Waals surface area contributed by atoms with Crippen molar-refractivity contribution >= 4 is 32.1 Å². The Kier molecular flexibility index (Phi) is 44.7. The predicted octanol–water partition coefficient (Wildman–Crippen LogP) is -13.9. The molecule has 0 radical (unpaired) electrons. The molecule has 0 spiro atoms. The molecule has 0 aromatic carbocycles. The normalized spacial score (nSPS) is 6.67. The third kappa shape index (κ3) is 99.5. The molecule has 0 aliphatic heterocycles. The van der Waals surface area contributed by atoms with Gasteiger partial charge in [-0.05, 0) is 0 Å². The molecule has 9 heavy (non-hydrogen) atoms. The molecular formula is HFKLiMgO4Si. The van der Waals surface area contributed by atoms with Gasteiger partial charge in [-0.3, -0.25) is 0 Å². The van der Waals surface area contributed by atoms with E-state index in [0.29, 0.717) is 0 Å². The zero-order valence-electron chi connectivity index (χ0n) is 5.26. The quantitative estimate of drug-likeness (QED) is 0.377. The van der Waals surface area contributed by atoms with Crippen molar-refractivity contribution in [3.63, 3.8) is 0 Å². The number of hydrogen-bond donors (Lipinski definition) is 1. The molecular weight excluding hydrogens is 181 g/mol. The van der Waals surface area contributed by atoms with Gasteiger partial charge in [-0.15, -0.1) is 9.05 Å². The molecule has 0 unspecified atom stereocenters. The van der Waals surface area contributed by atoms with Gasteiger partial charge in [-0.25, -0.2) is 0 Å². The molecule has 1 N–H and O–H groups in total. The molecule has 0 atom stereocenters. The second-order valence-electron chi connectivity index (χ2n) is 0.524. The van der Waals surface area contributed by atoms with Crippen LogP contribution in [0.1, 0.15) is 0 Å². The molecule has 0 saturated carbocycles. The van der Waals surface area contributed by atoms with Gasteiger partial charge in [-0.2, -0.15) is 0 Å². The van der Waals surface area contributed by atoms with Crippen molar-refractivity contribution in [1.82, 2.24) is 0 Å². The van der Waals surface area contributed by atoms with Crippen LogP contribution in [0.3, 0.4) is 0 Å². The largest absolute Gasteiger partial charge is 2.00 e. The maximum atomic E-state index is 8.69. The molecule has 0 bridgehead atoms. The first kappa shape index (κ1) is 29.6. The van der Waals surface area contributed by atoms with Crippen LogP contribution in [-0.4, -0.2) is 36.9 Å². The molecule has 4 nitrogen and oxygen atoms in total. The summed E-state index contributed by atoms with van der Waals surface area (Å²) in [7, 11) is -5.36. The Morgan fingerprint density at radius 1 is 1.11 bits per heavy atom. The van der Waals surface area contributed by atoms with Gasteiger partial charge in [0.1, 0.15) is 0 Å². The first-order valence-electron chi connectivity index (χ1n) is 0.836. The summed E-state index contributed by atoms with van der Waals surface area (Å²) in [5, 5.41) is 0. The third-order valence-corrected chi connectivity index (χ3v) is 0. The van der Waals surface area contributed by atoms with Gasteiger partial charge in [-0.1, -0.05) is 0 Å². The van der Waals surface area contributed by atoms with E-state index in [2.05, 4.69) is 0 Å². The van der Waals surface area contributed by atoms with Gasteiger partial charge < -0.3 is 23.9 Å². The number of rotatable bonds is 0. The SMILES string of the molecule is [F-].[K+].[Li+].[Mg+2].[O-][Si]([O-])([O-])O. The maximum absolute atomic E-state index is 8.69. The molecule has 0 heterocycles. The Balaban J connectivity index is -0.0000000133.